The Labute approximate surface area is 103 Å². The Morgan fingerprint density at radius 3 is 2.82 bits per heavy atom. The summed E-state index contributed by atoms with van der Waals surface area (Å²) < 4.78 is 0. The summed E-state index contributed by atoms with van der Waals surface area (Å²) >= 11 is 0. The van der Waals surface area contributed by atoms with Gasteiger partial charge in [0.1, 0.15) is 0 Å². The van der Waals surface area contributed by atoms with Gasteiger partial charge in [0.25, 0.3) is 0 Å². The van der Waals surface area contributed by atoms with Gasteiger partial charge in [-0.2, -0.15) is 0 Å². The van der Waals surface area contributed by atoms with Crippen molar-refractivity contribution in [2.45, 2.75) is 39.3 Å². The molecule has 0 saturated carbocycles. The molecule has 3 nitrogen and oxygen atoms in total. The molecule has 0 radical (unpaired) electrons. The monoisotopic (exact) mass is 232 g/mol. The molecule has 92 valence electrons. The van der Waals surface area contributed by atoms with Crippen LogP contribution in [0, 0.1) is 6.92 Å². The number of nitrogens with zero attached hydrogens (tertiary/aromatic N) is 1. The second-order valence-electron chi connectivity index (χ2n) is 4.99. The lowest BCUT2D eigenvalue weighted by Crippen LogP contribution is -2.41. The molecule has 0 spiro atoms. The van der Waals surface area contributed by atoms with Gasteiger partial charge >= 0.3 is 0 Å². The first kappa shape index (κ1) is 12.1. The molecular weight excluding hydrogens is 212 g/mol. The number of anilines is 1. The molecule has 0 bridgehead atoms. The zero-order chi connectivity index (χ0) is 12.4. The Morgan fingerprint density at radius 1 is 1.41 bits per heavy atom. The van der Waals surface area contributed by atoms with E-state index in [0.29, 0.717) is 6.04 Å². The van der Waals surface area contributed by atoms with Crippen LogP contribution in [-0.4, -0.2) is 24.5 Å². The van der Waals surface area contributed by atoms with Gasteiger partial charge in [0.05, 0.1) is 6.04 Å². The van der Waals surface area contributed by atoms with Gasteiger partial charge in [0.15, 0.2) is 0 Å². The zero-order valence-corrected chi connectivity index (χ0v) is 10.7. The zero-order valence-electron chi connectivity index (χ0n) is 10.7. The van der Waals surface area contributed by atoms with E-state index in [1.165, 1.54) is 5.56 Å². The Balaban J connectivity index is 2.12. The first-order valence-corrected chi connectivity index (χ1v) is 6.22. The summed E-state index contributed by atoms with van der Waals surface area (Å²) in [6.45, 7) is 7.01. The number of carbonyl (C=O) groups is 1. The average Bonchev–Trinajstić information content (AvgIpc) is 2.60. The highest BCUT2D eigenvalue weighted by molar-refractivity contribution is 5.99. The van der Waals surface area contributed by atoms with Crippen LogP contribution in [0.1, 0.15) is 25.8 Å². The minimum Gasteiger partial charge on any atom is -0.311 e. The molecule has 0 aliphatic carbocycles. The minimum absolute atomic E-state index is 0.0180. The predicted octanol–water partition coefficient (Wildman–Crippen LogP) is 2.10. The normalized spacial score (nSPS) is 20.4. The van der Waals surface area contributed by atoms with Gasteiger partial charge in [-0.3, -0.25) is 4.79 Å². The summed E-state index contributed by atoms with van der Waals surface area (Å²) in [6, 6.07) is 8.45. The standard InChI is InChI=1S/C14H20N2O/c1-10(2)15-13-7-8-16(14(13)17)12-6-4-5-11(3)9-12/h4-6,9-10,13,15H,7-8H2,1-3H3. The largest absolute Gasteiger partial charge is 0.311 e. The molecule has 1 aromatic rings. The van der Waals surface area contributed by atoms with E-state index in [-0.39, 0.29) is 11.9 Å². The molecule has 1 aromatic carbocycles. The average molecular weight is 232 g/mol. The van der Waals surface area contributed by atoms with Crippen molar-refractivity contribution < 1.29 is 4.79 Å². The van der Waals surface area contributed by atoms with Crippen LogP contribution in [0.3, 0.4) is 0 Å². The third-order valence-electron chi connectivity index (χ3n) is 3.05. The van der Waals surface area contributed by atoms with Gasteiger partial charge in [0.2, 0.25) is 5.91 Å². The fraction of sp³-hybridized carbons (Fsp3) is 0.500. The van der Waals surface area contributed by atoms with Gasteiger partial charge in [-0.1, -0.05) is 26.0 Å². The number of rotatable bonds is 3. The molecule has 1 saturated heterocycles. The van der Waals surface area contributed by atoms with E-state index in [1.54, 1.807) is 0 Å². The molecule has 1 fully saturated rings. The first-order chi connectivity index (χ1) is 8.08. The molecule has 17 heavy (non-hydrogen) atoms. The lowest BCUT2D eigenvalue weighted by molar-refractivity contribution is -0.118. The van der Waals surface area contributed by atoms with E-state index < -0.39 is 0 Å². The molecule has 1 amide bonds. The molecule has 1 aliphatic rings. The number of nitrogens with one attached hydrogen (secondary N) is 1. The lowest BCUT2D eigenvalue weighted by Gasteiger charge is -2.18. The Kier molecular flexibility index (Phi) is 3.48. The second-order valence-corrected chi connectivity index (χ2v) is 4.99. The van der Waals surface area contributed by atoms with Crippen LogP contribution in [0.4, 0.5) is 5.69 Å². The topological polar surface area (TPSA) is 32.3 Å². The SMILES string of the molecule is Cc1cccc(N2CCC(NC(C)C)C2=O)c1. The highest BCUT2D eigenvalue weighted by Crippen LogP contribution is 2.22. The van der Waals surface area contributed by atoms with Crippen molar-refractivity contribution in [2.24, 2.45) is 0 Å². The number of hydrogen-bond acceptors (Lipinski definition) is 2. The van der Waals surface area contributed by atoms with Crippen molar-refractivity contribution in [3.05, 3.63) is 29.8 Å². The van der Waals surface area contributed by atoms with Crippen LogP contribution < -0.4 is 10.2 Å². The Hall–Kier alpha value is -1.35. The third-order valence-corrected chi connectivity index (χ3v) is 3.05. The number of aryl methyl sites for hydroxylation is 1. The van der Waals surface area contributed by atoms with Crippen molar-refractivity contribution >= 4 is 11.6 Å². The van der Waals surface area contributed by atoms with Crippen LogP contribution in [0.15, 0.2) is 24.3 Å². The van der Waals surface area contributed by atoms with E-state index in [9.17, 15) is 4.79 Å². The highest BCUT2D eigenvalue weighted by atomic mass is 16.2. The van der Waals surface area contributed by atoms with Gasteiger partial charge in [-0.25, -0.2) is 0 Å². The first-order valence-electron chi connectivity index (χ1n) is 6.22. The summed E-state index contributed by atoms with van der Waals surface area (Å²) in [7, 11) is 0. The van der Waals surface area contributed by atoms with E-state index >= 15 is 0 Å². The predicted molar refractivity (Wildman–Crippen MR) is 70.2 cm³/mol. The van der Waals surface area contributed by atoms with E-state index in [0.717, 1.165) is 18.7 Å². The fourth-order valence-electron chi connectivity index (χ4n) is 2.29. The summed E-state index contributed by atoms with van der Waals surface area (Å²) in [5.74, 6) is 0.198. The maximum atomic E-state index is 12.2. The molecule has 1 unspecified atom stereocenters. The van der Waals surface area contributed by atoms with E-state index in [4.69, 9.17) is 0 Å². The molecule has 1 heterocycles. The highest BCUT2D eigenvalue weighted by Gasteiger charge is 2.32. The van der Waals surface area contributed by atoms with Crippen molar-refractivity contribution in [1.82, 2.24) is 5.32 Å². The van der Waals surface area contributed by atoms with Gasteiger partial charge < -0.3 is 10.2 Å². The van der Waals surface area contributed by atoms with E-state index in [1.807, 2.05) is 30.0 Å². The summed E-state index contributed by atoms with van der Waals surface area (Å²) in [4.78, 5) is 14.1. The summed E-state index contributed by atoms with van der Waals surface area (Å²) in [6.07, 6.45) is 0.894. The van der Waals surface area contributed by atoms with Gasteiger partial charge in [-0.15, -0.1) is 0 Å². The Bertz CT molecular complexity index is 414. The van der Waals surface area contributed by atoms with Gasteiger partial charge in [0, 0.05) is 18.3 Å². The lowest BCUT2D eigenvalue weighted by atomic mass is 10.2. The van der Waals surface area contributed by atoms with E-state index in [2.05, 4.69) is 25.2 Å². The summed E-state index contributed by atoms with van der Waals surface area (Å²) in [5, 5.41) is 3.31. The van der Waals surface area contributed by atoms with Crippen molar-refractivity contribution in [2.75, 3.05) is 11.4 Å². The van der Waals surface area contributed by atoms with Crippen molar-refractivity contribution in [1.29, 1.82) is 0 Å². The molecule has 1 atom stereocenters. The smallest absolute Gasteiger partial charge is 0.244 e. The second kappa shape index (κ2) is 4.88. The maximum absolute atomic E-state index is 12.2. The van der Waals surface area contributed by atoms with Crippen LogP contribution in [0.25, 0.3) is 0 Å². The maximum Gasteiger partial charge on any atom is 0.244 e. The number of amides is 1. The molecule has 1 N–H and O–H groups in total. The van der Waals surface area contributed by atoms with Crippen LogP contribution in [-0.2, 0) is 4.79 Å². The van der Waals surface area contributed by atoms with Crippen molar-refractivity contribution in [3.63, 3.8) is 0 Å². The quantitative estimate of drug-likeness (QED) is 0.865. The van der Waals surface area contributed by atoms with Crippen LogP contribution in [0.2, 0.25) is 0 Å². The van der Waals surface area contributed by atoms with Crippen molar-refractivity contribution in [3.8, 4) is 0 Å². The molecule has 1 aliphatic heterocycles. The third kappa shape index (κ3) is 2.67. The fourth-order valence-corrected chi connectivity index (χ4v) is 2.29. The van der Waals surface area contributed by atoms with Crippen LogP contribution in [0.5, 0.6) is 0 Å². The number of hydrogen-bond donors (Lipinski definition) is 1. The molecular formula is C14H20N2O. The summed E-state index contributed by atoms with van der Waals surface area (Å²) in [5.41, 5.74) is 2.21. The molecule has 0 aromatic heterocycles. The van der Waals surface area contributed by atoms with Crippen LogP contribution >= 0.6 is 0 Å². The Morgan fingerprint density at radius 2 is 2.18 bits per heavy atom. The number of benzene rings is 1. The van der Waals surface area contributed by atoms with Gasteiger partial charge in [-0.05, 0) is 31.0 Å². The number of carbonyl (C=O) groups excluding carboxylic acids is 1. The molecule has 3 heteroatoms. The minimum atomic E-state index is -0.0180. The molecule has 2 rings (SSSR count).